The molecule has 0 saturated carbocycles. The van der Waals surface area contributed by atoms with E-state index in [9.17, 15) is 0 Å². The van der Waals surface area contributed by atoms with Crippen LogP contribution < -0.4 is 0 Å². The van der Waals surface area contributed by atoms with Crippen LogP contribution in [0.5, 0.6) is 0 Å². The van der Waals surface area contributed by atoms with Crippen molar-refractivity contribution in [1.29, 1.82) is 0 Å². The van der Waals surface area contributed by atoms with Gasteiger partial charge in [0.15, 0.2) is 0 Å². The van der Waals surface area contributed by atoms with Gasteiger partial charge >= 0.3 is 0 Å². The summed E-state index contributed by atoms with van der Waals surface area (Å²) in [6.45, 7) is 7.80. The highest BCUT2D eigenvalue weighted by Gasteiger charge is 2.19. The zero-order valence-corrected chi connectivity index (χ0v) is 11.5. The summed E-state index contributed by atoms with van der Waals surface area (Å²) in [6, 6.07) is 6.54. The third-order valence-corrected chi connectivity index (χ3v) is 3.08. The molecular weight excluding hydrogens is 208 g/mol. The minimum atomic E-state index is 0.183. The molecule has 2 rings (SSSR count). The van der Waals surface area contributed by atoms with E-state index in [1.165, 1.54) is 22.0 Å². The Hall–Kier alpha value is -1.28. The van der Waals surface area contributed by atoms with E-state index in [2.05, 4.69) is 69.1 Å². The second-order valence-corrected chi connectivity index (χ2v) is 6.03. The molecule has 0 aliphatic carbocycles. The molecule has 0 spiro atoms. The van der Waals surface area contributed by atoms with Gasteiger partial charge in [-0.25, -0.2) is 0 Å². The van der Waals surface area contributed by atoms with Gasteiger partial charge in [-0.05, 0) is 36.7 Å². The highest BCUT2D eigenvalue weighted by atomic mass is 15.0. The number of H-pyrrole nitrogens is 1. The molecule has 0 fully saturated rings. The molecule has 2 heteroatoms. The van der Waals surface area contributed by atoms with Crippen LogP contribution in [-0.4, -0.2) is 24.0 Å². The van der Waals surface area contributed by atoms with Crippen molar-refractivity contribution >= 4 is 10.9 Å². The molecule has 0 amide bonds. The molecule has 92 valence electrons. The summed E-state index contributed by atoms with van der Waals surface area (Å²) < 4.78 is 0. The van der Waals surface area contributed by atoms with E-state index >= 15 is 0 Å². The lowest BCUT2D eigenvalue weighted by Gasteiger charge is -2.21. The van der Waals surface area contributed by atoms with Crippen LogP contribution in [0.1, 0.15) is 31.9 Å². The van der Waals surface area contributed by atoms with Crippen molar-refractivity contribution in [3.8, 4) is 0 Å². The van der Waals surface area contributed by atoms with Gasteiger partial charge in [0.1, 0.15) is 0 Å². The average Bonchev–Trinajstić information content (AvgIpc) is 2.59. The summed E-state index contributed by atoms with van der Waals surface area (Å²) in [5, 5.41) is 1.40. The lowest BCUT2D eigenvalue weighted by Crippen LogP contribution is -2.14. The van der Waals surface area contributed by atoms with Crippen molar-refractivity contribution in [2.24, 2.45) is 0 Å². The van der Waals surface area contributed by atoms with Gasteiger partial charge in [0, 0.05) is 23.6 Å². The maximum atomic E-state index is 3.38. The molecule has 1 heterocycles. The van der Waals surface area contributed by atoms with Crippen molar-refractivity contribution in [2.75, 3.05) is 14.1 Å². The summed E-state index contributed by atoms with van der Waals surface area (Å²) in [7, 11) is 4.22. The van der Waals surface area contributed by atoms with Gasteiger partial charge in [0.2, 0.25) is 0 Å². The minimum absolute atomic E-state index is 0.183. The Kier molecular flexibility index (Phi) is 3.00. The predicted octanol–water partition coefficient (Wildman–Crippen LogP) is 3.53. The SMILES string of the molecule is CN(C)Cc1c[nH]c2cccc(C(C)(C)C)c12. The zero-order chi connectivity index (χ0) is 12.6. The average molecular weight is 230 g/mol. The number of benzene rings is 1. The van der Waals surface area contributed by atoms with Crippen LogP contribution in [-0.2, 0) is 12.0 Å². The fourth-order valence-electron chi connectivity index (χ4n) is 2.35. The largest absolute Gasteiger partial charge is 0.361 e. The Morgan fingerprint density at radius 2 is 1.88 bits per heavy atom. The van der Waals surface area contributed by atoms with Crippen LogP contribution in [0.15, 0.2) is 24.4 Å². The first-order chi connectivity index (χ1) is 7.89. The molecule has 1 aromatic carbocycles. The van der Waals surface area contributed by atoms with E-state index < -0.39 is 0 Å². The van der Waals surface area contributed by atoms with Crippen LogP contribution in [0, 0.1) is 0 Å². The first kappa shape index (κ1) is 12.2. The number of hydrogen-bond acceptors (Lipinski definition) is 1. The number of nitrogens with one attached hydrogen (secondary N) is 1. The Labute approximate surface area is 104 Å². The van der Waals surface area contributed by atoms with Gasteiger partial charge < -0.3 is 9.88 Å². The molecule has 1 N–H and O–H groups in total. The second-order valence-electron chi connectivity index (χ2n) is 6.03. The number of fused-ring (bicyclic) bond motifs is 1. The first-order valence-electron chi connectivity index (χ1n) is 6.14. The standard InChI is InChI=1S/C15H22N2/c1-15(2,3)12-7-6-8-13-14(12)11(9-16-13)10-17(4)5/h6-9,16H,10H2,1-5H3. The number of aromatic nitrogens is 1. The minimum Gasteiger partial charge on any atom is -0.361 e. The maximum absolute atomic E-state index is 3.38. The van der Waals surface area contributed by atoms with Gasteiger partial charge in [0.25, 0.3) is 0 Å². The fourth-order valence-corrected chi connectivity index (χ4v) is 2.35. The quantitative estimate of drug-likeness (QED) is 0.836. The van der Waals surface area contributed by atoms with Crippen molar-refractivity contribution in [3.63, 3.8) is 0 Å². The van der Waals surface area contributed by atoms with Gasteiger partial charge in [-0.15, -0.1) is 0 Å². The molecule has 0 bridgehead atoms. The zero-order valence-electron chi connectivity index (χ0n) is 11.5. The normalized spacial score (nSPS) is 12.6. The van der Waals surface area contributed by atoms with E-state index in [-0.39, 0.29) is 5.41 Å². The fraction of sp³-hybridized carbons (Fsp3) is 0.467. The van der Waals surface area contributed by atoms with Crippen molar-refractivity contribution in [3.05, 3.63) is 35.5 Å². The number of nitrogens with zero attached hydrogens (tertiary/aromatic N) is 1. The monoisotopic (exact) mass is 230 g/mol. The van der Waals surface area contributed by atoms with Crippen molar-refractivity contribution in [2.45, 2.75) is 32.7 Å². The predicted molar refractivity (Wildman–Crippen MR) is 74.4 cm³/mol. The van der Waals surface area contributed by atoms with Crippen LogP contribution in [0.2, 0.25) is 0 Å². The molecule has 0 unspecified atom stereocenters. The van der Waals surface area contributed by atoms with E-state index in [1.807, 2.05) is 0 Å². The molecule has 2 nitrogen and oxygen atoms in total. The first-order valence-corrected chi connectivity index (χ1v) is 6.14. The van der Waals surface area contributed by atoms with E-state index in [0.717, 1.165) is 6.54 Å². The smallest absolute Gasteiger partial charge is 0.0460 e. The maximum Gasteiger partial charge on any atom is 0.0460 e. The van der Waals surface area contributed by atoms with Gasteiger partial charge in [0.05, 0.1) is 0 Å². The Balaban J connectivity index is 2.64. The molecule has 0 aliphatic rings. The molecule has 0 aliphatic heterocycles. The van der Waals surface area contributed by atoms with Crippen LogP contribution in [0.4, 0.5) is 0 Å². The van der Waals surface area contributed by atoms with E-state index in [1.54, 1.807) is 0 Å². The van der Waals surface area contributed by atoms with E-state index in [0.29, 0.717) is 0 Å². The molecule has 2 aromatic rings. The molecular formula is C15H22N2. The van der Waals surface area contributed by atoms with Gasteiger partial charge in [-0.2, -0.15) is 0 Å². The Morgan fingerprint density at radius 3 is 2.47 bits per heavy atom. The summed E-state index contributed by atoms with van der Waals surface area (Å²) in [4.78, 5) is 5.59. The summed E-state index contributed by atoms with van der Waals surface area (Å²) >= 11 is 0. The molecule has 0 radical (unpaired) electrons. The van der Waals surface area contributed by atoms with Gasteiger partial charge in [-0.1, -0.05) is 32.9 Å². The molecule has 0 saturated heterocycles. The highest BCUT2D eigenvalue weighted by Crippen LogP contribution is 2.32. The Bertz CT molecular complexity index is 515. The number of rotatable bonds is 2. The van der Waals surface area contributed by atoms with Crippen LogP contribution in [0.3, 0.4) is 0 Å². The number of hydrogen-bond donors (Lipinski definition) is 1. The third kappa shape index (κ3) is 2.37. The van der Waals surface area contributed by atoms with Crippen molar-refractivity contribution < 1.29 is 0 Å². The Morgan fingerprint density at radius 1 is 1.18 bits per heavy atom. The molecule has 0 atom stereocenters. The summed E-state index contributed by atoms with van der Waals surface area (Å²) in [5.41, 5.74) is 4.24. The summed E-state index contributed by atoms with van der Waals surface area (Å²) in [5.74, 6) is 0. The number of aromatic amines is 1. The summed E-state index contributed by atoms with van der Waals surface area (Å²) in [6.07, 6.45) is 2.14. The van der Waals surface area contributed by atoms with Crippen LogP contribution >= 0.6 is 0 Å². The second kappa shape index (κ2) is 4.19. The topological polar surface area (TPSA) is 19.0 Å². The van der Waals surface area contributed by atoms with Crippen LogP contribution in [0.25, 0.3) is 10.9 Å². The molecule has 17 heavy (non-hydrogen) atoms. The van der Waals surface area contributed by atoms with Gasteiger partial charge in [-0.3, -0.25) is 0 Å². The lowest BCUT2D eigenvalue weighted by molar-refractivity contribution is 0.404. The molecule has 1 aromatic heterocycles. The highest BCUT2D eigenvalue weighted by molar-refractivity contribution is 5.87. The lowest BCUT2D eigenvalue weighted by atomic mass is 9.84. The van der Waals surface area contributed by atoms with E-state index in [4.69, 9.17) is 0 Å². The van der Waals surface area contributed by atoms with Crippen molar-refractivity contribution in [1.82, 2.24) is 9.88 Å². The third-order valence-electron chi connectivity index (χ3n) is 3.08.